The largest absolute Gasteiger partial charge is 0.445 e. The Labute approximate surface area is 275 Å². The first-order valence-electron chi connectivity index (χ1n) is 15.6. The molecule has 0 radical (unpaired) electrons. The molecular formula is C37H41N3O5S. The van der Waals surface area contributed by atoms with Crippen LogP contribution in [0.4, 0.5) is 9.59 Å². The third-order valence-electron chi connectivity index (χ3n) is 8.70. The number of thioether (sulfide) groups is 1. The van der Waals surface area contributed by atoms with E-state index in [1.54, 1.807) is 6.08 Å². The van der Waals surface area contributed by atoms with Crippen LogP contribution in [-0.2, 0) is 19.0 Å². The highest BCUT2D eigenvalue weighted by Gasteiger charge is 2.47. The summed E-state index contributed by atoms with van der Waals surface area (Å²) < 4.78 is 10.3. The lowest BCUT2D eigenvalue weighted by atomic mass is 9.84. The van der Waals surface area contributed by atoms with E-state index in [2.05, 4.69) is 86.0 Å². The summed E-state index contributed by atoms with van der Waals surface area (Å²) in [4.78, 5) is 41.8. The highest BCUT2D eigenvalue weighted by molar-refractivity contribution is 8.01. The van der Waals surface area contributed by atoms with Crippen LogP contribution in [0.3, 0.4) is 0 Å². The van der Waals surface area contributed by atoms with Gasteiger partial charge in [0, 0.05) is 24.4 Å². The molecule has 2 aliphatic heterocycles. The van der Waals surface area contributed by atoms with E-state index < -0.39 is 28.9 Å². The van der Waals surface area contributed by atoms with Crippen molar-refractivity contribution in [2.75, 3.05) is 26.3 Å². The predicted molar refractivity (Wildman–Crippen MR) is 181 cm³/mol. The summed E-state index contributed by atoms with van der Waals surface area (Å²) in [5.74, 6) is -0.627. The van der Waals surface area contributed by atoms with E-state index in [-0.39, 0.29) is 30.4 Å². The van der Waals surface area contributed by atoms with Crippen LogP contribution in [0, 0.1) is 5.92 Å². The summed E-state index contributed by atoms with van der Waals surface area (Å²) in [6, 6.07) is 30.5. The predicted octanol–water partition coefficient (Wildman–Crippen LogP) is 6.37. The van der Waals surface area contributed by atoms with Gasteiger partial charge < -0.3 is 20.1 Å². The van der Waals surface area contributed by atoms with Gasteiger partial charge in [0.2, 0.25) is 5.91 Å². The fourth-order valence-electron chi connectivity index (χ4n) is 6.76. The summed E-state index contributed by atoms with van der Waals surface area (Å²) in [5.41, 5.74) is 9.15. The molecule has 2 aliphatic rings. The van der Waals surface area contributed by atoms with E-state index in [0.29, 0.717) is 32.4 Å². The maximum Gasteiger partial charge on any atom is 0.410 e. The Morgan fingerprint density at radius 1 is 0.761 bits per heavy atom. The second-order valence-corrected chi connectivity index (χ2v) is 13.2. The second-order valence-electron chi connectivity index (χ2n) is 11.7. The van der Waals surface area contributed by atoms with Crippen LogP contribution in [-0.4, -0.2) is 71.5 Å². The Balaban J connectivity index is 1.46. The van der Waals surface area contributed by atoms with E-state index in [1.807, 2.05) is 34.9 Å². The fraction of sp³-hybridized carbons (Fsp3) is 0.324. The Morgan fingerprint density at radius 2 is 1.24 bits per heavy atom. The molecule has 8 nitrogen and oxygen atoms in total. The molecule has 3 amide bonds. The van der Waals surface area contributed by atoms with Crippen molar-refractivity contribution in [1.29, 1.82) is 0 Å². The molecule has 46 heavy (non-hydrogen) atoms. The number of carbonyl (C=O) groups is 3. The molecule has 9 heteroatoms. The van der Waals surface area contributed by atoms with Crippen molar-refractivity contribution in [3.63, 3.8) is 0 Å². The van der Waals surface area contributed by atoms with Crippen LogP contribution in [0.25, 0.3) is 0 Å². The Hall–Kier alpha value is -4.50. The van der Waals surface area contributed by atoms with Crippen LogP contribution in [0.1, 0.15) is 36.0 Å². The molecule has 2 saturated heterocycles. The first kappa shape index (κ1) is 32.9. The normalized spacial score (nSPS) is 21.0. The Bertz CT molecular complexity index is 1410. The standard InChI is InChI=1S/C37H41N3O5S/c1-3-20-44-35(42)39-26-32(24-31(39)22-27-23-33(34(38)41)40(25-27)36(43)45-21-4-2)46-37(28-14-8-5-9-15-28,29-16-10-6-11-17-29)30-18-12-7-13-19-30/h3-19,27,31-33H,1-2,20-26H2,(H2,38,41)/t27?,31-,32+,33?/m1/s1. The smallest absolute Gasteiger partial charge is 0.410 e. The number of primary amides is 1. The minimum atomic E-state index is -0.767. The van der Waals surface area contributed by atoms with Gasteiger partial charge in [-0.05, 0) is 41.9 Å². The number of likely N-dealkylation sites (tertiary alicyclic amines) is 2. The van der Waals surface area contributed by atoms with E-state index in [1.165, 1.54) is 11.0 Å². The minimum Gasteiger partial charge on any atom is -0.445 e. The van der Waals surface area contributed by atoms with Gasteiger partial charge in [-0.15, -0.1) is 11.8 Å². The van der Waals surface area contributed by atoms with Gasteiger partial charge in [0.05, 0.1) is 4.75 Å². The van der Waals surface area contributed by atoms with Gasteiger partial charge in [0.1, 0.15) is 19.3 Å². The fourth-order valence-corrected chi connectivity index (χ4v) is 8.63. The number of ether oxygens (including phenoxy) is 2. The lowest BCUT2D eigenvalue weighted by molar-refractivity contribution is -0.121. The van der Waals surface area contributed by atoms with Crippen LogP contribution < -0.4 is 5.73 Å². The minimum absolute atomic E-state index is 0.0436. The average Bonchev–Trinajstić information content (AvgIpc) is 3.70. The zero-order chi connectivity index (χ0) is 32.5. The maximum atomic E-state index is 13.5. The number of nitrogens with zero attached hydrogens (tertiary/aromatic N) is 2. The van der Waals surface area contributed by atoms with Crippen molar-refractivity contribution in [3.05, 3.63) is 133 Å². The summed E-state index contributed by atoms with van der Waals surface area (Å²) in [6.45, 7) is 8.24. The first-order chi connectivity index (χ1) is 22.4. The molecule has 240 valence electrons. The first-order valence-corrected chi connectivity index (χ1v) is 16.5. The number of amides is 3. The highest BCUT2D eigenvalue weighted by Crippen LogP contribution is 2.52. The SMILES string of the molecule is C=CCOC(=O)N1CC(C[C@@H]2C[C@H](SC(c3ccccc3)(c3ccccc3)c3ccccc3)CN2C(=O)OCC=C)CC1C(N)=O. The molecule has 0 saturated carbocycles. The summed E-state index contributed by atoms with van der Waals surface area (Å²) >= 11 is 1.85. The number of carbonyl (C=O) groups excluding carboxylic acids is 3. The highest BCUT2D eigenvalue weighted by atomic mass is 32.2. The number of benzene rings is 3. The Morgan fingerprint density at radius 3 is 1.70 bits per heavy atom. The van der Waals surface area contributed by atoms with Gasteiger partial charge in [-0.2, -0.15) is 0 Å². The van der Waals surface area contributed by atoms with Crippen molar-refractivity contribution in [2.45, 2.75) is 41.3 Å². The molecule has 0 bridgehead atoms. The van der Waals surface area contributed by atoms with Crippen molar-refractivity contribution in [3.8, 4) is 0 Å². The van der Waals surface area contributed by atoms with Crippen molar-refractivity contribution in [1.82, 2.24) is 9.80 Å². The molecule has 2 fully saturated rings. The van der Waals surface area contributed by atoms with Gasteiger partial charge in [0.15, 0.2) is 0 Å². The monoisotopic (exact) mass is 639 g/mol. The second kappa shape index (κ2) is 15.2. The van der Waals surface area contributed by atoms with Gasteiger partial charge in [-0.25, -0.2) is 9.59 Å². The molecule has 5 rings (SSSR count). The number of rotatable bonds is 12. The molecular weight excluding hydrogens is 598 g/mol. The topological polar surface area (TPSA) is 102 Å². The third-order valence-corrected chi connectivity index (χ3v) is 10.4. The molecule has 0 aliphatic carbocycles. The quantitative estimate of drug-likeness (QED) is 0.183. The van der Waals surface area contributed by atoms with Crippen LogP contribution in [0.15, 0.2) is 116 Å². The molecule has 0 aromatic heterocycles. The zero-order valence-corrected chi connectivity index (χ0v) is 26.7. The van der Waals surface area contributed by atoms with Crippen LogP contribution in [0.5, 0.6) is 0 Å². The van der Waals surface area contributed by atoms with E-state index in [4.69, 9.17) is 15.2 Å². The van der Waals surface area contributed by atoms with Gasteiger partial charge in [-0.3, -0.25) is 9.69 Å². The summed E-state index contributed by atoms with van der Waals surface area (Å²) in [7, 11) is 0. The lowest BCUT2D eigenvalue weighted by Gasteiger charge is -2.37. The number of hydrogen-bond donors (Lipinski definition) is 1. The molecule has 3 aromatic rings. The third kappa shape index (κ3) is 7.15. The average molecular weight is 640 g/mol. The van der Waals surface area contributed by atoms with E-state index >= 15 is 0 Å². The van der Waals surface area contributed by atoms with Crippen molar-refractivity contribution in [2.24, 2.45) is 11.7 Å². The summed E-state index contributed by atoms with van der Waals surface area (Å²) in [6.07, 6.45) is 3.75. The van der Waals surface area contributed by atoms with Crippen molar-refractivity contribution >= 4 is 29.9 Å². The van der Waals surface area contributed by atoms with Gasteiger partial charge in [-0.1, -0.05) is 116 Å². The van der Waals surface area contributed by atoms with Crippen LogP contribution in [0.2, 0.25) is 0 Å². The molecule has 2 N–H and O–H groups in total. The Kier molecular flexibility index (Phi) is 10.9. The maximum absolute atomic E-state index is 13.5. The molecule has 0 spiro atoms. The molecule has 2 heterocycles. The lowest BCUT2D eigenvalue weighted by Crippen LogP contribution is -2.44. The van der Waals surface area contributed by atoms with Gasteiger partial charge >= 0.3 is 12.2 Å². The van der Waals surface area contributed by atoms with E-state index in [9.17, 15) is 14.4 Å². The van der Waals surface area contributed by atoms with Crippen LogP contribution >= 0.6 is 11.8 Å². The van der Waals surface area contributed by atoms with Crippen molar-refractivity contribution < 1.29 is 23.9 Å². The van der Waals surface area contributed by atoms with E-state index in [0.717, 1.165) is 16.7 Å². The molecule has 4 atom stereocenters. The number of hydrogen-bond acceptors (Lipinski definition) is 6. The number of nitrogens with two attached hydrogens (primary N) is 1. The van der Waals surface area contributed by atoms with Gasteiger partial charge in [0.25, 0.3) is 0 Å². The zero-order valence-electron chi connectivity index (χ0n) is 25.9. The molecule has 3 aromatic carbocycles. The summed E-state index contributed by atoms with van der Waals surface area (Å²) in [5, 5.41) is 0.0453. The molecule has 2 unspecified atom stereocenters.